The maximum atomic E-state index is 10.7. The highest BCUT2D eigenvalue weighted by atomic mass is 32.2. The Labute approximate surface area is 175 Å². The van der Waals surface area contributed by atoms with Crippen LogP contribution in [0, 0.1) is 6.92 Å². The number of carboxylic acids is 1. The van der Waals surface area contributed by atoms with Gasteiger partial charge in [0.15, 0.2) is 0 Å². The van der Waals surface area contributed by atoms with Crippen LogP contribution in [0.5, 0.6) is 5.75 Å². The van der Waals surface area contributed by atoms with Gasteiger partial charge in [0.05, 0.1) is 5.70 Å². The second kappa shape index (κ2) is 11.6. The number of hydrogen-bond acceptors (Lipinski definition) is 5. The van der Waals surface area contributed by atoms with Crippen LogP contribution in [0.3, 0.4) is 0 Å². The second-order valence-electron chi connectivity index (χ2n) is 6.10. The van der Waals surface area contributed by atoms with Crippen LogP contribution in [0.15, 0.2) is 69.0 Å². The van der Waals surface area contributed by atoms with Gasteiger partial charge in [0.1, 0.15) is 12.4 Å². The molecule has 0 spiro atoms. The van der Waals surface area contributed by atoms with Crippen molar-refractivity contribution in [2.24, 2.45) is 4.99 Å². The van der Waals surface area contributed by atoms with Crippen molar-refractivity contribution >= 4 is 36.2 Å². The Morgan fingerprint density at radius 2 is 1.96 bits per heavy atom. The molecule has 0 radical (unpaired) electrons. The fourth-order valence-electron chi connectivity index (χ4n) is 2.57. The van der Waals surface area contributed by atoms with Gasteiger partial charge in [-0.15, -0.1) is 23.5 Å². The third-order valence-electron chi connectivity index (χ3n) is 4.17. The maximum Gasteiger partial charge on any atom is 0.303 e. The lowest BCUT2D eigenvalue weighted by Crippen LogP contribution is -2.04. The van der Waals surface area contributed by atoms with Crippen molar-refractivity contribution in [2.75, 3.05) is 18.6 Å². The number of hydrogen-bond donors (Lipinski definition) is 1. The van der Waals surface area contributed by atoms with Crippen molar-refractivity contribution in [1.82, 2.24) is 0 Å². The molecule has 0 fully saturated rings. The zero-order chi connectivity index (χ0) is 20.4. The molecule has 0 saturated heterocycles. The van der Waals surface area contributed by atoms with Crippen LogP contribution >= 0.6 is 23.5 Å². The SMILES string of the molecule is C=N/C(CSc1ccccc1)=C(/COc1ccc(CCC(=O)O)c(C)c1)SC. The van der Waals surface area contributed by atoms with Gasteiger partial charge in [-0.1, -0.05) is 24.3 Å². The van der Waals surface area contributed by atoms with E-state index in [9.17, 15) is 4.79 Å². The third-order valence-corrected chi connectivity index (χ3v) is 6.04. The van der Waals surface area contributed by atoms with Gasteiger partial charge < -0.3 is 9.84 Å². The van der Waals surface area contributed by atoms with Gasteiger partial charge in [0, 0.05) is 22.0 Å². The third kappa shape index (κ3) is 7.09. The number of thioether (sulfide) groups is 2. The predicted octanol–water partition coefficient (Wildman–Crippen LogP) is 5.46. The van der Waals surface area contributed by atoms with Crippen LogP contribution in [-0.2, 0) is 11.2 Å². The molecular weight excluding hydrogens is 390 g/mol. The van der Waals surface area contributed by atoms with E-state index in [1.165, 1.54) is 4.90 Å². The summed E-state index contributed by atoms with van der Waals surface area (Å²) in [5.41, 5.74) is 2.99. The van der Waals surface area contributed by atoms with Crippen LogP contribution in [0.1, 0.15) is 17.5 Å². The summed E-state index contributed by atoms with van der Waals surface area (Å²) in [4.78, 5) is 17.2. The normalized spacial score (nSPS) is 11.6. The summed E-state index contributed by atoms with van der Waals surface area (Å²) in [6.45, 7) is 6.12. The molecule has 0 aromatic heterocycles. The first-order valence-electron chi connectivity index (χ1n) is 8.88. The number of nitrogens with zero attached hydrogens (tertiary/aromatic N) is 1. The molecule has 2 aromatic carbocycles. The Bertz CT molecular complexity index is 835. The molecule has 2 aromatic rings. The molecule has 148 valence electrons. The van der Waals surface area contributed by atoms with E-state index in [1.807, 2.05) is 49.6 Å². The number of carbonyl (C=O) groups is 1. The molecule has 0 bridgehead atoms. The quantitative estimate of drug-likeness (QED) is 0.390. The van der Waals surface area contributed by atoms with Crippen molar-refractivity contribution in [1.29, 1.82) is 0 Å². The molecule has 0 atom stereocenters. The largest absolute Gasteiger partial charge is 0.488 e. The fourth-order valence-corrected chi connectivity index (χ4v) is 4.13. The van der Waals surface area contributed by atoms with Gasteiger partial charge in [0.2, 0.25) is 0 Å². The molecule has 0 aliphatic heterocycles. The number of aryl methyl sites for hydroxylation is 2. The Morgan fingerprint density at radius 1 is 1.21 bits per heavy atom. The molecule has 0 saturated carbocycles. The van der Waals surface area contributed by atoms with E-state index in [2.05, 4.69) is 23.8 Å². The summed E-state index contributed by atoms with van der Waals surface area (Å²) in [6.07, 6.45) is 2.67. The first kappa shape index (κ1) is 22.1. The van der Waals surface area contributed by atoms with Gasteiger partial charge in [-0.05, 0) is 61.7 Å². The molecule has 0 unspecified atom stereocenters. The average molecular weight is 416 g/mol. The van der Waals surface area contributed by atoms with Crippen molar-refractivity contribution in [3.05, 3.63) is 70.3 Å². The maximum absolute atomic E-state index is 10.7. The minimum atomic E-state index is -0.785. The average Bonchev–Trinajstić information content (AvgIpc) is 2.70. The highest BCUT2D eigenvalue weighted by molar-refractivity contribution is 8.02. The van der Waals surface area contributed by atoms with Gasteiger partial charge in [-0.3, -0.25) is 9.79 Å². The standard InChI is InChI=1S/C22H25NO3S2/c1-16-13-18(11-9-17(16)10-12-22(24)25)26-14-21(27-3)20(23-2)15-28-19-7-5-4-6-8-19/h4-9,11,13H,2,10,12,14-15H2,1,3H3,(H,24,25)/b21-20-. The van der Waals surface area contributed by atoms with E-state index in [-0.39, 0.29) is 6.42 Å². The van der Waals surface area contributed by atoms with Crippen molar-refractivity contribution in [3.8, 4) is 5.75 Å². The Morgan fingerprint density at radius 3 is 2.57 bits per heavy atom. The van der Waals surface area contributed by atoms with Crippen molar-refractivity contribution in [2.45, 2.75) is 24.7 Å². The molecule has 4 nitrogen and oxygen atoms in total. The van der Waals surface area contributed by atoms with E-state index in [0.717, 1.165) is 33.2 Å². The van der Waals surface area contributed by atoms with Crippen LogP contribution in [0.4, 0.5) is 0 Å². The molecule has 2 rings (SSSR count). The smallest absolute Gasteiger partial charge is 0.303 e. The Kier molecular flexibility index (Phi) is 9.17. The van der Waals surface area contributed by atoms with Crippen LogP contribution in [0.25, 0.3) is 0 Å². The predicted molar refractivity (Wildman–Crippen MR) is 120 cm³/mol. The second-order valence-corrected chi connectivity index (χ2v) is 8.05. The summed E-state index contributed by atoms with van der Waals surface area (Å²) >= 11 is 3.34. The van der Waals surface area contributed by atoms with E-state index < -0.39 is 5.97 Å². The topological polar surface area (TPSA) is 58.9 Å². The number of ether oxygens (including phenoxy) is 1. The summed E-state index contributed by atoms with van der Waals surface area (Å²) in [6, 6.07) is 16.0. The number of carboxylic acid groups (broad SMARTS) is 1. The molecule has 28 heavy (non-hydrogen) atoms. The van der Waals surface area contributed by atoms with E-state index >= 15 is 0 Å². The van der Waals surface area contributed by atoms with Crippen LogP contribution in [-0.4, -0.2) is 36.4 Å². The lowest BCUT2D eigenvalue weighted by molar-refractivity contribution is -0.136. The van der Waals surface area contributed by atoms with Gasteiger partial charge in [0.25, 0.3) is 0 Å². The highest BCUT2D eigenvalue weighted by Gasteiger charge is 2.09. The van der Waals surface area contributed by atoms with Crippen LogP contribution < -0.4 is 4.74 Å². The zero-order valence-electron chi connectivity index (χ0n) is 16.2. The van der Waals surface area contributed by atoms with Gasteiger partial charge in [-0.25, -0.2) is 0 Å². The minimum absolute atomic E-state index is 0.133. The summed E-state index contributed by atoms with van der Waals surface area (Å²) in [7, 11) is 0. The van der Waals surface area contributed by atoms with E-state index in [0.29, 0.717) is 13.0 Å². The van der Waals surface area contributed by atoms with Crippen molar-refractivity contribution in [3.63, 3.8) is 0 Å². The van der Waals surface area contributed by atoms with E-state index in [4.69, 9.17) is 9.84 Å². The number of rotatable bonds is 11. The Balaban J connectivity index is 2.00. The van der Waals surface area contributed by atoms with Crippen molar-refractivity contribution < 1.29 is 14.6 Å². The molecule has 0 heterocycles. The molecule has 0 amide bonds. The molecular formula is C22H25NO3S2. The molecule has 0 aliphatic rings. The number of benzene rings is 2. The highest BCUT2D eigenvalue weighted by Crippen LogP contribution is 2.27. The molecule has 0 aliphatic carbocycles. The summed E-state index contributed by atoms with van der Waals surface area (Å²) < 4.78 is 5.96. The lowest BCUT2D eigenvalue weighted by atomic mass is 10.0. The molecule has 6 heteroatoms. The van der Waals surface area contributed by atoms with Crippen LogP contribution in [0.2, 0.25) is 0 Å². The minimum Gasteiger partial charge on any atom is -0.488 e. The van der Waals surface area contributed by atoms with Gasteiger partial charge in [-0.2, -0.15) is 0 Å². The zero-order valence-corrected chi connectivity index (χ0v) is 17.8. The number of aliphatic carboxylic acids is 1. The first-order valence-corrected chi connectivity index (χ1v) is 11.1. The summed E-state index contributed by atoms with van der Waals surface area (Å²) in [5, 5.41) is 8.84. The Hall–Kier alpha value is -2.18. The summed E-state index contributed by atoms with van der Waals surface area (Å²) in [5.74, 6) is 0.717. The van der Waals surface area contributed by atoms with Gasteiger partial charge >= 0.3 is 5.97 Å². The first-order chi connectivity index (χ1) is 13.5. The van der Waals surface area contributed by atoms with E-state index in [1.54, 1.807) is 23.5 Å². The molecule has 1 N–H and O–H groups in total. The lowest BCUT2D eigenvalue weighted by Gasteiger charge is -2.13. The number of aliphatic imine (C=N–C) groups is 1. The monoisotopic (exact) mass is 415 g/mol. The fraction of sp³-hybridized carbons (Fsp3) is 0.273.